The Balaban J connectivity index is 1.85. The third kappa shape index (κ3) is 3.38. The third-order valence-electron chi connectivity index (χ3n) is 2.23. The Morgan fingerprint density at radius 2 is 1.73 bits per heavy atom. The summed E-state index contributed by atoms with van der Waals surface area (Å²) < 4.78 is 33.3. The lowest BCUT2D eigenvalue weighted by molar-refractivity contribution is -0.0498. The van der Waals surface area contributed by atoms with Gasteiger partial charge in [-0.1, -0.05) is 0 Å². The minimum absolute atomic E-state index is 0.156. The number of halogens is 2. The Bertz CT molecular complexity index is 307. The van der Waals surface area contributed by atoms with E-state index in [0.717, 1.165) is 6.61 Å². The van der Waals surface area contributed by atoms with Gasteiger partial charge in [-0.25, -0.2) is 0 Å². The molecule has 82 valence electrons. The minimum atomic E-state index is -2.77. The summed E-state index contributed by atoms with van der Waals surface area (Å²) in [4.78, 5) is 0. The van der Waals surface area contributed by atoms with Crippen LogP contribution in [-0.4, -0.2) is 13.2 Å². The highest BCUT2D eigenvalue weighted by Gasteiger charge is 2.21. The highest BCUT2D eigenvalue weighted by atomic mass is 19.3. The standard InChI is InChI=1S/C11H12F2O2/c12-11(13)15-10-5-3-9(4-6-10)14-7-8-1-2-8/h3-6,8,11H,1-2,7H2. The molecule has 0 spiro atoms. The maximum atomic E-state index is 11.8. The van der Waals surface area contributed by atoms with E-state index in [1.54, 1.807) is 12.1 Å². The van der Waals surface area contributed by atoms with E-state index in [1.165, 1.54) is 25.0 Å². The fourth-order valence-electron chi connectivity index (χ4n) is 1.22. The van der Waals surface area contributed by atoms with Gasteiger partial charge >= 0.3 is 6.61 Å². The lowest BCUT2D eigenvalue weighted by Gasteiger charge is -2.07. The van der Waals surface area contributed by atoms with Crippen LogP contribution >= 0.6 is 0 Å². The lowest BCUT2D eigenvalue weighted by Crippen LogP contribution is -2.02. The number of hydrogen-bond donors (Lipinski definition) is 0. The first-order valence-corrected chi connectivity index (χ1v) is 4.92. The van der Waals surface area contributed by atoms with Gasteiger partial charge in [-0.2, -0.15) is 8.78 Å². The van der Waals surface area contributed by atoms with Crippen LogP contribution < -0.4 is 9.47 Å². The van der Waals surface area contributed by atoms with E-state index in [9.17, 15) is 8.78 Å². The predicted octanol–water partition coefficient (Wildman–Crippen LogP) is 3.08. The summed E-state index contributed by atoms with van der Waals surface area (Å²) in [6.45, 7) is -2.06. The second-order valence-electron chi connectivity index (χ2n) is 3.60. The molecule has 0 aliphatic heterocycles. The molecule has 0 heterocycles. The molecule has 2 rings (SSSR count). The lowest BCUT2D eigenvalue weighted by atomic mass is 10.3. The molecular formula is C11H12F2O2. The molecule has 0 radical (unpaired) electrons. The number of alkyl halides is 2. The van der Waals surface area contributed by atoms with Crippen molar-refractivity contribution in [1.29, 1.82) is 0 Å². The summed E-state index contributed by atoms with van der Waals surface area (Å²) in [5.74, 6) is 1.54. The molecule has 4 heteroatoms. The molecule has 1 aliphatic carbocycles. The summed E-state index contributed by atoms with van der Waals surface area (Å²) in [5.41, 5.74) is 0. The van der Waals surface area contributed by atoms with E-state index in [0.29, 0.717) is 11.7 Å². The van der Waals surface area contributed by atoms with Gasteiger partial charge in [-0.15, -0.1) is 0 Å². The highest BCUT2D eigenvalue weighted by molar-refractivity contribution is 5.31. The molecule has 15 heavy (non-hydrogen) atoms. The summed E-state index contributed by atoms with van der Waals surface area (Å²) >= 11 is 0. The first-order valence-electron chi connectivity index (χ1n) is 4.92. The van der Waals surface area contributed by atoms with Crippen molar-refractivity contribution in [3.63, 3.8) is 0 Å². The summed E-state index contributed by atoms with van der Waals surface area (Å²) in [5, 5.41) is 0. The summed E-state index contributed by atoms with van der Waals surface area (Å²) in [7, 11) is 0. The van der Waals surface area contributed by atoms with Crippen molar-refractivity contribution in [2.75, 3.05) is 6.61 Å². The van der Waals surface area contributed by atoms with Crippen molar-refractivity contribution < 1.29 is 18.3 Å². The molecule has 1 aromatic rings. The average Bonchev–Trinajstić information content (AvgIpc) is 2.99. The van der Waals surface area contributed by atoms with Gasteiger partial charge in [0.15, 0.2) is 0 Å². The zero-order valence-corrected chi connectivity index (χ0v) is 8.16. The van der Waals surface area contributed by atoms with Gasteiger partial charge in [0.05, 0.1) is 6.61 Å². The highest BCUT2D eigenvalue weighted by Crippen LogP contribution is 2.29. The van der Waals surface area contributed by atoms with Gasteiger partial charge < -0.3 is 9.47 Å². The molecular weight excluding hydrogens is 202 g/mol. The average molecular weight is 214 g/mol. The SMILES string of the molecule is FC(F)Oc1ccc(OCC2CC2)cc1. The van der Waals surface area contributed by atoms with E-state index in [-0.39, 0.29) is 5.75 Å². The summed E-state index contributed by atoms with van der Waals surface area (Å²) in [6, 6.07) is 6.24. The summed E-state index contributed by atoms with van der Waals surface area (Å²) in [6.07, 6.45) is 2.46. The van der Waals surface area contributed by atoms with Crippen LogP contribution in [0.3, 0.4) is 0 Å². The van der Waals surface area contributed by atoms with Crippen LogP contribution in [0.5, 0.6) is 11.5 Å². The largest absolute Gasteiger partial charge is 0.493 e. The zero-order chi connectivity index (χ0) is 10.7. The predicted molar refractivity (Wildman–Crippen MR) is 51.3 cm³/mol. The van der Waals surface area contributed by atoms with Crippen molar-refractivity contribution in [2.45, 2.75) is 19.5 Å². The molecule has 1 aliphatic rings. The van der Waals surface area contributed by atoms with Gasteiger partial charge in [0.2, 0.25) is 0 Å². The van der Waals surface area contributed by atoms with Crippen LogP contribution in [0.25, 0.3) is 0 Å². The topological polar surface area (TPSA) is 18.5 Å². The molecule has 0 aromatic heterocycles. The number of rotatable bonds is 5. The van der Waals surface area contributed by atoms with Crippen molar-refractivity contribution >= 4 is 0 Å². The monoisotopic (exact) mass is 214 g/mol. The van der Waals surface area contributed by atoms with E-state index in [4.69, 9.17) is 4.74 Å². The number of ether oxygens (including phenoxy) is 2. The van der Waals surface area contributed by atoms with Crippen LogP contribution in [-0.2, 0) is 0 Å². The van der Waals surface area contributed by atoms with Crippen LogP contribution in [0.1, 0.15) is 12.8 Å². The Kier molecular flexibility index (Phi) is 3.04. The molecule has 2 nitrogen and oxygen atoms in total. The second kappa shape index (κ2) is 4.47. The second-order valence-corrected chi connectivity index (χ2v) is 3.60. The molecule has 0 bridgehead atoms. The van der Waals surface area contributed by atoms with Gasteiger partial charge in [0.1, 0.15) is 11.5 Å². The first-order chi connectivity index (χ1) is 7.24. The quantitative estimate of drug-likeness (QED) is 0.749. The van der Waals surface area contributed by atoms with Crippen LogP contribution in [0.15, 0.2) is 24.3 Å². The number of benzene rings is 1. The van der Waals surface area contributed by atoms with Crippen LogP contribution in [0.2, 0.25) is 0 Å². The Morgan fingerprint density at radius 3 is 2.27 bits per heavy atom. The van der Waals surface area contributed by atoms with E-state index in [1.807, 2.05) is 0 Å². The molecule has 0 amide bonds. The van der Waals surface area contributed by atoms with Crippen LogP contribution in [0.4, 0.5) is 8.78 Å². The smallest absolute Gasteiger partial charge is 0.387 e. The molecule has 0 saturated heterocycles. The van der Waals surface area contributed by atoms with Crippen molar-refractivity contribution in [2.24, 2.45) is 5.92 Å². The van der Waals surface area contributed by atoms with Crippen LogP contribution in [0, 0.1) is 5.92 Å². The molecule has 1 aromatic carbocycles. The Labute approximate surface area is 86.8 Å². The van der Waals surface area contributed by atoms with Gasteiger partial charge in [0, 0.05) is 0 Å². The molecule has 0 N–H and O–H groups in total. The van der Waals surface area contributed by atoms with E-state index < -0.39 is 6.61 Å². The Morgan fingerprint density at radius 1 is 1.13 bits per heavy atom. The normalized spacial score (nSPS) is 15.4. The van der Waals surface area contributed by atoms with Gasteiger partial charge in [0.25, 0.3) is 0 Å². The Hall–Kier alpha value is -1.32. The fourth-order valence-corrected chi connectivity index (χ4v) is 1.22. The van der Waals surface area contributed by atoms with Gasteiger partial charge in [-0.05, 0) is 43.0 Å². The zero-order valence-electron chi connectivity index (χ0n) is 8.16. The molecule has 0 unspecified atom stereocenters. The van der Waals surface area contributed by atoms with E-state index in [2.05, 4.69) is 4.74 Å². The first kappa shape index (κ1) is 10.2. The van der Waals surface area contributed by atoms with Crippen molar-refractivity contribution in [3.8, 4) is 11.5 Å². The number of hydrogen-bond acceptors (Lipinski definition) is 2. The van der Waals surface area contributed by atoms with Crippen molar-refractivity contribution in [3.05, 3.63) is 24.3 Å². The minimum Gasteiger partial charge on any atom is -0.493 e. The molecule has 1 fully saturated rings. The maximum Gasteiger partial charge on any atom is 0.387 e. The maximum absolute atomic E-state index is 11.8. The van der Waals surface area contributed by atoms with Gasteiger partial charge in [-0.3, -0.25) is 0 Å². The molecule has 0 atom stereocenters. The fraction of sp³-hybridized carbons (Fsp3) is 0.455. The van der Waals surface area contributed by atoms with E-state index >= 15 is 0 Å². The van der Waals surface area contributed by atoms with Crippen molar-refractivity contribution in [1.82, 2.24) is 0 Å². The third-order valence-corrected chi connectivity index (χ3v) is 2.23. The molecule has 1 saturated carbocycles.